The molecule has 112 valence electrons. The van der Waals surface area contributed by atoms with Gasteiger partial charge in [-0.25, -0.2) is 0 Å². The molecule has 1 aliphatic heterocycles. The van der Waals surface area contributed by atoms with Gasteiger partial charge in [-0.3, -0.25) is 4.90 Å². The Bertz CT molecular complexity index is 378. The fourth-order valence-electron chi connectivity index (χ4n) is 2.37. The number of ether oxygens (including phenoxy) is 3. The molecule has 4 nitrogen and oxygen atoms in total. The van der Waals surface area contributed by atoms with Gasteiger partial charge in [-0.1, -0.05) is 12.1 Å². The fourth-order valence-corrected chi connectivity index (χ4v) is 2.37. The quantitative estimate of drug-likeness (QED) is 0.681. The molecule has 2 rings (SSSR count). The van der Waals surface area contributed by atoms with Gasteiger partial charge >= 0.3 is 0 Å². The molecule has 20 heavy (non-hydrogen) atoms. The number of hydrogen-bond acceptors (Lipinski definition) is 4. The first-order valence-corrected chi connectivity index (χ1v) is 7.39. The normalized spacial score (nSPS) is 16.2. The maximum Gasteiger partial charge on any atom is 0.119 e. The zero-order valence-corrected chi connectivity index (χ0v) is 12.3. The largest absolute Gasteiger partial charge is 0.491 e. The van der Waals surface area contributed by atoms with Crippen LogP contribution in [-0.2, 0) is 15.9 Å². The SMILES string of the molecule is COCCOc1cccc(CCCN2CCOCC2)c1. The van der Waals surface area contributed by atoms with Crippen molar-refractivity contribution in [2.24, 2.45) is 0 Å². The molecule has 0 unspecified atom stereocenters. The van der Waals surface area contributed by atoms with Crippen LogP contribution in [0.15, 0.2) is 24.3 Å². The van der Waals surface area contributed by atoms with Crippen molar-refractivity contribution in [3.05, 3.63) is 29.8 Å². The third-order valence-electron chi connectivity index (χ3n) is 3.50. The minimum atomic E-state index is 0.605. The lowest BCUT2D eigenvalue weighted by Crippen LogP contribution is -2.36. The molecule has 0 radical (unpaired) electrons. The fraction of sp³-hybridized carbons (Fsp3) is 0.625. The monoisotopic (exact) mass is 279 g/mol. The summed E-state index contributed by atoms with van der Waals surface area (Å²) in [6, 6.07) is 8.37. The Morgan fingerprint density at radius 2 is 2.05 bits per heavy atom. The van der Waals surface area contributed by atoms with Gasteiger partial charge in [0.05, 0.1) is 19.8 Å². The van der Waals surface area contributed by atoms with E-state index in [4.69, 9.17) is 14.2 Å². The molecule has 1 aromatic carbocycles. The van der Waals surface area contributed by atoms with Crippen molar-refractivity contribution in [3.8, 4) is 5.75 Å². The Morgan fingerprint density at radius 1 is 1.20 bits per heavy atom. The van der Waals surface area contributed by atoms with Gasteiger partial charge in [-0.15, -0.1) is 0 Å². The smallest absolute Gasteiger partial charge is 0.119 e. The predicted octanol–water partition coefficient (Wildman–Crippen LogP) is 1.98. The number of nitrogens with zero attached hydrogens (tertiary/aromatic N) is 1. The molecule has 4 heteroatoms. The van der Waals surface area contributed by atoms with Gasteiger partial charge in [0.2, 0.25) is 0 Å². The Hall–Kier alpha value is -1.10. The zero-order chi connectivity index (χ0) is 14.0. The topological polar surface area (TPSA) is 30.9 Å². The van der Waals surface area contributed by atoms with Gasteiger partial charge in [0.1, 0.15) is 12.4 Å². The van der Waals surface area contributed by atoms with Crippen LogP contribution in [0.1, 0.15) is 12.0 Å². The Kier molecular flexibility index (Phi) is 6.84. The van der Waals surface area contributed by atoms with Crippen LogP contribution >= 0.6 is 0 Å². The van der Waals surface area contributed by atoms with Gasteiger partial charge < -0.3 is 14.2 Å². The minimum Gasteiger partial charge on any atom is -0.491 e. The van der Waals surface area contributed by atoms with Crippen molar-refractivity contribution in [1.82, 2.24) is 4.90 Å². The average Bonchev–Trinajstić information content (AvgIpc) is 2.49. The summed E-state index contributed by atoms with van der Waals surface area (Å²) >= 11 is 0. The lowest BCUT2D eigenvalue weighted by Gasteiger charge is -2.26. The molecule has 0 N–H and O–H groups in total. The van der Waals surface area contributed by atoms with E-state index in [2.05, 4.69) is 23.1 Å². The van der Waals surface area contributed by atoms with E-state index in [1.807, 2.05) is 6.07 Å². The van der Waals surface area contributed by atoms with Crippen LogP contribution in [0.25, 0.3) is 0 Å². The van der Waals surface area contributed by atoms with E-state index in [9.17, 15) is 0 Å². The van der Waals surface area contributed by atoms with Crippen molar-refractivity contribution in [1.29, 1.82) is 0 Å². The van der Waals surface area contributed by atoms with Crippen molar-refractivity contribution in [3.63, 3.8) is 0 Å². The molecule has 0 bridgehead atoms. The van der Waals surface area contributed by atoms with E-state index in [0.717, 1.165) is 45.0 Å². The molecule has 1 saturated heterocycles. The molecule has 0 spiro atoms. The van der Waals surface area contributed by atoms with E-state index in [0.29, 0.717) is 13.2 Å². The third-order valence-corrected chi connectivity index (χ3v) is 3.50. The Balaban J connectivity index is 1.70. The summed E-state index contributed by atoms with van der Waals surface area (Å²) < 4.78 is 16.0. The van der Waals surface area contributed by atoms with Gasteiger partial charge in [0.15, 0.2) is 0 Å². The average molecular weight is 279 g/mol. The first-order chi connectivity index (χ1) is 9.88. The summed E-state index contributed by atoms with van der Waals surface area (Å²) in [5.74, 6) is 0.936. The standard InChI is InChI=1S/C16H25NO3/c1-18-12-13-20-16-6-2-4-15(14-16)5-3-7-17-8-10-19-11-9-17/h2,4,6,14H,3,5,7-13H2,1H3. The van der Waals surface area contributed by atoms with Gasteiger partial charge in [0.25, 0.3) is 0 Å². The molecule has 0 amide bonds. The molecule has 0 aromatic heterocycles. The highest BCUT2D eigenvalue weighted by atomic mass is 16.5. The minimum absolute atomic E-state index is 0.605. The number of hydrogen-bond donors (Lipinski definition) is 0. The molecule has 0 aliphatic carbocycles. The second-order valence-electron chi connectivity index (χ2n) is 5.05. The van der Waals surface area contributed by atoms with Crippen molar-refractivity contribution in [2.45, 2.75) is 12.8 Å². The summed E-state index contributed by atoms with van der Waals surface area (Å²) in [7, 11) is 1.69. The Labute approximate surface area is 121 Å². The van der Waals surface area contributed by atoms with Crippen molar-refractivity contribution in [2.75, 3.05) is 53.2 Å². The van der Waals surface area contributed by atoms with E-state index in [1.165, 1.54) is 12.0 Å². The molecule has 0 atom stereocenters. The van der Waals surface area contributed by atoms with E-state index in [1.54, 1.807) is 7.11 Å². The summed E-state index contributed by atoms with van der Waals surface area (Å²) in [6.07, 6.45) is 2.28. The highest BCUT2D eigenvalue weighted by molar-refractivity contribution is 5.28. The van der Waals surface area contributed by atoms with Gasteiger partial charge in [-0.2, -0.15) is 0 Å². The second kappa shape index (κ2) is 8.95. The molecular weight excluding hydrogens is 254 g/mol. The number of methoxy groups -OCH3 is 1. The van der Waals surface area contributed by atoms with E-state index in [-0.39, 0.29) is 0 Å². The van der Waals surface area contributed by atoms with Crippen LogP contribution in [0.2, 0.25) is 0 Å². The first-order valence-electron chi connectivity index (χ1n) is 7.39. The summed E-state index contributed by atoms with van der Waals surface area (Å²) in [5.41, 5.74) is 1.34. The van der Waals surface area contributed by atoms with Crippen molar-refractivity contribution < 1.29 is 14.2 Å². The predicted molar refractivity (Wildman–Crippen MR) is 79.4 cm³/mol. The summed E-state index contributed by atoms with van der Waals surface area (Å²) in [5, 5.41) is 0. The summed E-state index contributed by atoms with van der Waals surface area (Å²) in [6.45, 7) is 6.28. The van der Waals surface area contributed by atoms with E-state index < -0.39 is 0 Å². The summed E-state index contributed by atoms with van der Waals surface area (Å²) in [4.78, 5) is 2.47. The Morgan fingerprint density at radius 3 is 2.85 bits per heavy atom. The second-order valence-corrected chi connectivity index (χ2v) is 5.05. The zero-order valence-electron chi connectivity index (χ0n) is 12.3. The number of rotatable bonds is 8. The highest BCUT2D eigenvalue weighted by Crippen LogP contribution is 2.15. The molecule has 1 fully saturated rings. The van der Waals surface area contributed by atoms with Gasteiger partial charge in [0, 0.05) is 20.2 Å². The lowest BCUT2D eigenvalue weighted by atomic mass is 10.1. The highest BCUT2D eigenvalue weighted by Gasteiger charge is 2.09. The lowest BCUT2D eigenvalue weighted by molar-refractivity contribution is 0.0374. The maximum atomic E-state index is 5.63. The molecular formula is C16H25NO3. The molecule has 1 aliphatic rings. The number of morpholine rings is 1. The van der Waals surface area contributed by atoms with Crippen molar-refractivity contribution >= 4 is 0 Å². The number of benzene rings is 1. The van der Waals surface area contributed by atoms with Crippen LogP contribution in [0, 0.1) is 0 Å². The van der Waals surface area contributed by atoms with Crippen LogP contribution in [0.5, 0.6) is 5.75 Å². The number of aryl methyl sites for hydroxylation is 1. The third kappa shape index (κ3) is 5.49. The first kappa shape index (κ1) is 15.3. The molecule has 1 aromatic rings. The van der Waals surface area contributed by atoms with Gasteiger partial charge in [-0.05, 0) is 37.1 Å². The van der Waals surface area contributed by atoms with E-state index >= 15 is 0 Å². The van der Waals surface area contributed by atoms with Crippen LogP contribution in [-0.4, -0.2) is 58.1 Å². The van der Waals surface area contributed by atoms with Crippen LogP contribution in [0.4, 0.5) is 0 Å². The molecule has 1 heterocycles. The maximum absolute atomic E-state index is 5.63. The van der Waals surface area contributed by atoms with Crippen LogP contribution in [0.3, 0.4) is 0 Å². The van der Waals surface area contributed by atoms with Crippen LogP contribution < -0.4 is 4.74 Å². The molecule has 0 saturated carbocycles.